The lowest BCUT2D eigenvalue weighted by Gasteiger charge is -2.36. The van der Waals surface area contributed by atoms with Gasteiger partial charge in [-0.3, -0.25) is 9.30 Å². The summed E-state index contributed by atoms with van der Waals surface area (Å²) >= 11 is 1.55. The molecule has 3 aromatic heterocycles. The molecule has 2 amide bonds. The predicted molar refractivity (Wildman–Crippen MR) is 193 cm³/mol. The van der Waals surface area contributed by atoms with Crippen molar-refractivity contribution in [2.45, 2.75) is 6.42 Å². The number of anilines is 5. The monoisotopic (exact) mass is 659 g/mol. The van der Waals surface area contributed by atoms with E-state index in [1.807, 2.05) is 76.6 Å². The number of thiazole rings is 1. The highest BCUT2D eigenvalue weighted by Gasteiger charge is 2.20. The van der Waals surface area contributed by atoms with Crippen LogP contribution in [0.2, 0.25) is 0 Å². The van der Waals surface area contributed by atoms with Gasteiger partial charge < -0.3 is 25.6 Å². The highest BCUT2D eigenvalue weighted by molar-refractivity contribution is 7.15. The number of hydrogen-bond donors (Lipinski definition) is 3. The van der Waals surface area contributed by atoms with Crippen LogP contribution < -0.4 is 20.9 Å². The fourth-order valence-electron chi connectivity index (χ4n) is 5.89. The van der Waals surface area contributed by atoms with E-state index in [-0.39, 0.29) is 6.03 Å². The van der Waals surface area contributed by atoms with Crippen molar-refractivity contribution in [3.63, 3.8) is 0 Å². The number of piperazine rings is 1. The fourth-order valence-corrected chi connectivity index (χ4v) is 6.60. The number of methoxy groups -OCH3 is 1. The van der Waals surface area contributed by atoms with Gasteiger partial charge in [0.1, 0.15) is 5.69 Å². The maximum Gasteiger partial charge on any atom is 0.323 e. The molecule has 7 rings (SSSR count). The molecule has 48 heavy (non-hydrogen) atoms. The molecule has 1 saturated heterocycles. The highest BCUT2D eigenvalue weighted by Crippen LogP contribution is 2.35. The van der Waals surface area contributed by atoms with Crippen LogP contribution in [0.25, 0.3) is 27.6 Å². The number of benzene rings is 3. The molecule has 0 saturated carbocycles. The lowest BCUT2D eigenvalue weighted by Crippen LogP contribution is -2.46. The number of amides is 2. The van der Waals surface area contributed by atoms with Gasteiger partial charge in [0.15, 0.2) is 4.96 Å². The summed E-state index contributed by atoms with van der Waals surface area (Å²) in [4.78, 5) is 32.9. The number of ether oxygens (including phenoxy) is 1. The second-order valence-electron chi connectivity index (χ2n) is 11.5. The van der Waals surface area contributed by atoms with Gasteiger partial charge in [-0.05, 0) is 61.0 Å². The van der Waals surface area contributed by atoms with E-state index in [0.717, 1.165) is 84.7 Å². The smallest absolute Gasteiger partial charge is 0.323 e. The van der Waals surface area contributed by atoms with Crippen molar-refractivity contribution in [3.8, 4) is 22.6 Å². The Balaban J connectivity index is 1.06. The normalized spacial score (nSPS) is 13.5. The minimum atomic E-state index is -0.319. The number of nitrogens with zero attached hydrogens (tertiary/aromatic N) is 6. The molecule has 12 heteroatoms. The number of para-hydroxylation sites is 1. The highest BCUT2D eigenvalue weighted by atomic mass is 32.1. The molecule has 1 aliphatic rings. The van der Waals surface area contributed by atoms with Crippen LogP contribution in [-0.2, 0) is 4.74 Å². The lowest BCUT2D eigenvalue weighted by molar-refractivity contribution is 0.169. The minimum Gasteiger partial charge on any atom is -0.385 e. The van der Waals surface area contributed by atoms with Gasteiger partial charge in [-0.25, -0.2) is 19.7 Å². The molecular weight excluding hydrogens is 623 g/mol. The number of carbonyl (C=O) groups excluding carboxylic acids is 1. The Labute approximate surface area is 283 Å². The summed E-state index contributed by atoms with van der Waals surface area (Å²) in [5, 5.41) is 11.2. The molecule has 244 valence electrons. The van der Waals surface area contributed by atoms with E-state index >= 15 is 0 Å². The second-order valence-corrected chi connectivity index (χ2v) is 12.4. The number of aromatic nitrogens is 4. The second kappa shape index (κ2) is 14.6. The average molecular weight is 660 g/mol. The summed E-state index contributed by atoms with van der Waals surface area (Å²) in [6.07, 6.45) is 4.82. The number of urea groups is 1. The standard InChI is InChI=1S/C36H37N9O2S/c1-47-23-6-17-43-18-20-44(21-19-43)30-13-11-28(12-14-30)38-34-37-16-15-31(41-34)33-32(42-36-45(33)22-24-48-36)26-7-5-10-29(25-26)40-35(46)39-27-8-3-2-4-9-27/h2-5,7-16,22,24-25H,6,17-21,23H2,1H3,(H,37,38,41)(H2,39,40,46). The van der Waals surface area contributed by atoms with E-state index in [4.69, 9.17) is 14.7 Å². The molecule has 0 unspecified atom stereocenters. The predicted octanol–water partition coefficient (Wildman–Crippen LogP) is 7.07. The number of carbonyl (C=O) groups is 1. The fraction of sp³-hybridized carbons (Fsp3) is 0.222. The zero-order valence-corrected chi connectivity index (χ0v) is 27.5. The summed E-state index contributed by atoms with van der Waals surface area (Å²) in [7, 11) is 1.76. The molecule has 0 atom stereocenters. The van der Waals surface area contributed by atoms with Crippen molar-refractivity contribution in [1.82, 2.24) is 24.3 Å². The number of nitrogens with one attached hydrogen (secondary N) is 3. The van der Waals surface area contributed by atoms with Crippen molar-refractivity contribution in [1.29, 1.82) is 0 Å². The molecule has 1 aliphatic heterocycles. The van der Waals surface area contributed by atoms with Gasteiger partial charge in [-0.2, -0.15) is 0 Å². The Hall–Kier alpha value is -5.30. The van der Waals surface area contributed by atoms with Crippen molar-refractivity contribution < 1.29 is 9.53 Å². The number of fused-ring (bicyclic) bond motifs is 1. The largest absolute Gasteiger partial charge is 0.385 e. The Morgan fingerprint density at radius 3 is 2.48 bits per heavy atom. The molecule has 11 nitrogen and oxygen atoms in total. The molecule has 0 radical (unpaired) electrons. The zero-order chi connectivity index (χ0) is 32.7. The first-order valence-corrected chi connectivity index (χ1v) is 16.9. The van der Waals surface area contributed by atoms with Crippen LogP contribution in [0.15, 0.2) is 103 Å². The van der Waals surface area contributed by atoms with E-state index in [9.17, 15) is 4.79 Å². The molecule has 0 aliphatic carbocycles. The minimum absolute atomic E-state index is 0.319. The van der Waals surface area contributed by atoms with Crippen LogP contribution in [0, 0.1) is 0 Å². The van der Waals surface area contributed by atoms with Crippen LogP contribution in [-0.4, -0.2) is 76.7 Å². The van der Waals surface area contributed by atoms with E-state index in [1.54, 1.807) is 24.6 Å². The van der Waals surface area contributed by atoms with Gasteiger partial charge in [0.25, 0.3) is 0 Å². The van der Waals surface area contributed by atoms with Crippen molar-refractivity contribution in [2.24, 2.45) is 0 Å². The van der Waals surface area contributed by atoms with Gasteiger partial charge in [-0.1, -0.05) is 30.3 Å². The van der Waals surface area contributed by atoms with Gasteiger partial charge in [0.2, 0.25) is 5.95 Å². The Bertz CT molecular complexity index is 1970. The number of imidazole rings is 1. The topological polar surface area (TPSA) is 112 Å². The molecule has 3 N–H and O–H groups in total. The molecule has 3 aromatic carbocycles. The summed E-state index contributed by atoms with van der Waals surface area (Å²) in [6, 6.07) is 27.0. The van der Waals surface area contributed by atoms with Gasteiger partial charge in [0, 0.05) is 92.5 Å². The SMILES string of the molecule is COCCCN1CCN(c2ccc(Nc3nccc(-c4c(-c5cccc(NC(=O)Nc6ccccc6)c5)nc5sccn45)n3)cc2)CC1. The van der Waals surface area contributed by atoms with E-state index in [1.165, 1.54) is 5.69 Å². The third-order valence-corrected chi connectivity index (χ3v) is 9.03. The number of rotatable bonds is 11. The Kier molecular flexibility index (Phi) is 9.55. The summed E-state index contributed by atoms with van der Waals surface area (Å²) in [5.41, 5.74) is 6.70. The third-order valence-electron chi connectivity index (χ3n) is 8.27. The van der Waals surface area contributed by atoms with Crippen LogP contribution >= 0.6 is 11.3 Å². The van der Waals surface area contributed by atoms with Crippen molar-refractivity contribution in [3.05, 3.63) is 103 Å². The number of hydrogen-bond acceptors (Lipinski definition) is 9. The molecule has 4 heterocycles. The Morgan fingerprint density at radius 1 is 0.875 bits per heavy atom. The average Bonchev–Trinajstić information content (AvgIpc) is 3.72. The quantitative estimate of drug-likeness (QED) is 0.127. The lowest BCUT2D eigenvalue weighted by atomic mass is 10.1. The first-order chi connectivity index (χ1) is 23.6. The summed E-state index contributed by atoms with van der Waals surface area (Å²) in [6.45, 7) is 6.03. The summed E-state index contributed by atoms with van der Waals surface area (Å²) in [5.74, 6) is 0.494. The molecule has 0 bridgehead atoms. The van der Waals surface area contributed by atoms with Crippen LogP contribution in [0.3, 0.4) is 0 Å². The first kappa shape index (κ1) is 31.3. The van der Waals surface area contributed by atoms with Crippen molar-refractivity contribution in [2.75, 3.05) is 67.3 Å². The van der Waals surface area contributed by atoms with Crippen molar-refractivity contribution >= 4 is 51.0 Å². The van der Waals surface area contributed by atoms with Gasteiger partial charge in [-0.15, -0.1) is 11.3 Å². The molecule has 6 aromatic rings. The third kappa shape index (κ3) is 7.31. The maximum absolute atomic E-state index is 12.7. The molecule has 1 fully saturated rings. The van der Waals surface area contributed by atoms with Crippen LogP contribution in [0.4, 0.5) is 33.5 Å². The van der Waals surface area contributed by atoms with E-state index < -0.39 is 0 Å². The van der Waals surface area contributed by atoms with E-state index in [2.05, 4.69) is 55.0 Å². The molecule has 0 spiro atoms. The van der Waals surface area contributed by atoms with E-state index in [0.29, 0.717) is 11.6 Å². The summed E-state index contributed by atoms with van der Waals surface area (Å²) < 4.78 is 7.24. The van der Waals surface area contributed by atoms with Gasteiger partial charge >= 0.3 is 6.03 Å². The van der Waals surface area contributed by atoms with Crippen LogP contribution in [0.1, 0.15) is 6.42 Å². The Morgan fingerprint density at radius 2 is 1.67 bits per heavy atom. The van der Waals surface area contributed by atoms with Crippen LogP contribution in [0.5, 0.6) is 0 Å². The molecular formula is C36H37N9O2S. The maximum atomic E-state index is 12.7. The zero-order valence-electron chi connectivity index (χ0n) is 26.7. The first-order valence-electron chi connectivity index (χ1n) is 16.0. The van der Waals surface area contributed by atoms with Gasteiger partial charge in [0.05, 0.1) is 11.4 Å².